The van der Waals surface area contributed by atoms with Gasteiger partial charge >= 0.3 is 0 Å². The predicted octanol–water partition coefficient (Wildman–Crippen LogP) is 5.92. The molecule has 0 aliphatic heterocycles. The van der Waals surface area contributed by atoms with Gasteiger partial charge in [-0.3, -0.25) is 4.79 Å². The Hall–Kier alpha value is -3.24. The van der Waals surface area contributed by atoms with Crippen molar-refractivity contribution in [2.75, 3.05) is 5.32 Å². The van der Waals surface area contributed by atoms with E-state index >= 15 is 0 Å². The molecule has 0 aliphatic carbocycles. The molecule has 3 aromatic carbocycles. The normalized spacial score (nSPS) is 10.7. The molecule has 0 spiro atoms. The summed E-state index contributed by atoms with van der Waals surface area (Å²) in [5.74, 6) is 0.646. The summed E-state index contributed by atoms with van der Waals surface area (Å²) in [4.78, 5) is 12.4. The van der Waals surface area contributed by atoms with Gasteiger partial charge in [-0.15, -0.1) is 0 Å². The zero-order chi connectivity index (χ0) is 18.6. The third kappa shape index (κ3) is 4.13. The number of fused-ring (bicyclic) bond motifs is 1. The van der Waals surface area contributed by atoms with Gasteiger partial charge in [0.15, 0.2) is 5.76 Å². The van der Waals surface area contributed by atoms with Crippen molar-refractivity contribution < 1.29 is 13.9 Å². The molecule has 0 saturated carbocycles. The lowest BCUT2D eigenvalue weighted by molar-refractivity contribution is 0.0998. The molecule has 1 heterocycles. The first-order chi connectivity index (χ1) is 13.2. The van der Waals surface area contributed by atoms with Crippen LogP contribution in [0.3, 0.4) is 0 Å². The maximum absolute atomic E-state index is 12.4. The molecule has 4 rings (SSSR count). The first-order valence-electron chi connectivity index (χ1n) is 8.45. The summed E-state index contributed by atoms with van der Waals surface area (Å²) in [6.07, 6.45) is 0. The van der Waals surface area contributed by atoms with Crippen LogP contribution in [0.4, 0.5) is 5.69 Å². The van der Waals surface area contributed by atoms with Crippen molar-refractivity contribution in [1.82, 2.24) is 0 Å². The van der Waals surface area contributed by atoms with E-state index in [9.17, 15) is 4.79 Å². The van der Waals surface area contributed by atoms with E-state index in [2.05, 4.69) is 5.32 Å². The Labute approximate surface area is 161 Å². The van der Waals surface area contributed by atoms with Gasteiger partial charge in [-0.2, -0.15) is 0 Å². The van der Waals surface area contributed by atoms with Crippen LogP contribution in [0.25, 0.3) is 11.0 Å². The molecule has 0 bridgehead atoms. The molecule has 134 valence electrons. The number of halogens is 1. The molecule has 27 heavy (non-hydrogen) atoms. The van der Waals surface area contributed by atoms with E-state index in [0.29, 0.717) is 22.9 Å². The summed E-state index contributed by atoms with van der Waals surface area (Å²) < 4.78 is 11.3. The SMILES string of the molecule is O=C(Nc1ccc(OCc2ccccc2)cc1)c1cc2cc(Cl)ccc2o1. The molecule has 1 N–H and O–H groups in total. The molecule has 0 radical (unpaired) electrons. The second kappa shape index (κ2) is 7.56. The lowest BCUT2D eigenvalue weighted by Crippen LogP contribution is -2.10. The van der Waals surface area contributed by atoms with Crippen LogP contribution in [0.5, 0.6) is 5.75 Å². The average molecular weight is 378 g/mol. The quantitative estimate of drug-likeness (QED) is 0.469. The zero-order valence-corrected chi connectivity index (χ0v) is 15.1. The number of anilines is 1. The average Bonchev–Trinajstić information content (AvgIpc) is 3.11. The van der Waals surface area contributed by atoms with Gasteiger partial charge in [-0.25, -0.2) is 0 Å². The molecule has 0 aliphatic rings. The third-order valence-electron chi connectivity index (χ3n) is 4.06. The maximum Gasteiger partial charge on any atom is 0.291 e. The Morgan fingerprint density at radius 1 is 0.963 bits per heavy atom. The van der Waals surface area contributed by atoms with E-state index < -0.39 is 0 Å². The van der Waals surface area contributed by atoms with Gasteiger partial charge in [0.05, 0.1) is 0 Å². The highest BCUT2D eigenvalue weighted by molar-refractivity contribution is 6.31. The number of nitrogens with one attached hydrogen (secondary N) is 1. The molecule has 0 fully saturated rings. The third-order valence-corrected chi connectivity index (χ3v) is 4.30. The van der Waals surface area contributed by atoms with E-state index in [-0.39, 0.29) is 11.7 Å². The van der Waals surface area contributed by atoms with E-state index in [4.69, 9.17) is 20.8 Å². The van der Waals surface area contributed by atoms with Crippen molar-refractivity contribution >= 4 is 34.2 Å². The summed E-state index contributed by atoms with van der Waals surface area (Å²) in [7, 11) is 0. The number of hydrogen-bond donors (Lipinski definition) is 1. The van der Waals surface area contributed by atoms with E-state index in [1.807, 2.05) is 42.5 Å². The highest BCUT2D eigenvalue weighted by atomic mass is 35.5. The number of ether oxygens (including phenoxy) is 1. The monoisotopic (exact) mass is 377 g/mol. The Kier molecular flexibility index (Phi) is 4.81. The van der Waals surface area contributed by atoms with Crippen LogP contribution in [0.1, 0.15) is 16.1 Å². The predicted molar refractivity (Wildman–Crippen MR) is 106 cm³/mol. The number of hydrogen-bond acceptors (Lipinski definition) is 3. The van der Waals surface area contributed by atoms with Crippen LogP contribution in [-0.4, -0.2) is 5.91 Å². The van der Waals surface area contributed by atoms with Crippen LogP contribution < -0.4 is 10.1 Å². The summed E-state index contributed by atoms with van der Waals surface area (Å²) >= 11 is 5.96. The fourth-order valence-corrected chi connectivity index (χ4v) is 2.87. The lowest BCUT2D eigenvalue weighted by Gasteiger charge is -2.08. The fraction of sp³-hybridized carbons (Fsp3) is 0.0455. The number of carbonyl (C=O) groups excluding carboxylic acids is 1. The molecule has 4 aromatic rings. The molecule has 0 saturated heterocycles. The largest absolute Gasteiger partial charge is 0.489 e. The first-order valence-corrected chi connectivity index (χ1v) is 8.82. The molecule has 4 nitrogen and oxygen atoms in total. The summed E-state index contributed by atoms with van der Waals surface area (Å²) in [6.45, 7) is 0.494. The van der Waals surface area contributed by atoms with Gasteiger partial charge in [-0.1, -0.05) is 41.9 Å². The van der Waals surface area contributed by atoms with Crippen molar-refractivity contribution in [3.05, 3.63) is 95.2 Å². The minimum Gasteiger partial charge on any atom is -0.489 e. The highest BCUT2D eigenvalue weighted by Gasteiger charge is 2.13. The van der Waals surface area contributed by atoms with Gasteiger partial charge in [0, 0.05) is 16.1 Å². The summed E-state index contributed by atoms with van der Waals surface area (Å²) in [6, 6.07) is 24.1. The van der Waals surface area contributed by atoms with E-state index in [1.165, 1.54) is 0 Å². The molecule has 0 unspecified atom stereocenters. The van der Waals surface area contributed by atoms with E-state index in [0.717, 1.165) is 16.7 Å². The second-order valence-electron chi connectivity index (χ2n) is 6.05. The van der Waals surface area contributed by atoms with Gasteiger partial charge in [0.25, 0.3) is 5.91 Å². The Morgan fingerprint density at radius 2 is 1.74 bits per heavy atom. The van der Waals surface area contributed by atoms with Crippen molar-refractivity contribution in [3.63, 3.8) is 0 Å². The Morgan fingerprint density at radius 3 is 2.52 bits per heavy atom. The minimum atomic E-state index is -0.319. The van der Waals surface area contributed by atoms with Crippen LogP contribution in [0.2, 0.25) is 5.02 Å². The summed E-state index contributed by atoms with van der Waals surface area (Å²) in [5, 5.41) is 4.20. The standard InChI is InChI=1S/C22H16ClNO3/c23-17-6-11-20-16(12-17)13-21(27-20)22(25)24-18-7-9-19(10-8-18)26-14-15-4-2-1-3-5-15/h1-13H,14H2,(H,24,25). The minimum absolute atomic E-state index is 0.233. The highest BCUT2D eigenvalue weighted by Crippen LogP contribution is 2.24. The first kappa shape index (κ1) is 17.2. The topological polar surface area (TPSA) is 51.5 Å². The Bertz CT molecular complexity index is 1070. The maximum atomic E-state index is 12.4. The smallest absolute Gasteiger partial charge is 0.291 e. The van der Waals surface area contributed by atoms with Crippen molar-refractivity contribution in [2.45, 2.75) is 6.61 Å². The van der Waals surface area contributed by atoms with Gasteiger partial charge < -0.3 is 14.5 Å². The van der Waals surface area contributed by atoms with Crippen molar-refractivity contribution in [1.29, 1.82) is 0 Å². The van der Waals surface area contributed by atoms with Gasteiger partial charge in [0.2, 0.25) is 0 Å². The van der Waals surface area contributed by atoms with Crippen molar-refractivity contribution in [3.8, 4) is 5.75 Å². The van der Waals surface area contributed by atoms with Crippen LogP contribution in [0, 0.1) is 0 Å². The van der Waals surface area contributed by atoms with Gasteiger partial charge in [-0.05, 0) is 54.1 Å². The number of benzene rings is 3. The summed E-state index contributed by atoms with van der Waals surface area (Å²) in [5.41, 5.74) is 2.37. The van der Waals surface area contributed by atoms with Crippen LogP contribution >= 0.6 is 11.6 Å². The van der Waals surface area contributed by atoms with Gasteiger partial charge in [0.1, 0.15) is 17.9 Å². The molecule has 5 heteroatoms. The van der Waals surface area contributed by atoms with Crippen LogP contribution in [0.15, 0.2) is 83.3 Å². The lowest BCUT2D eigenvalue weighted by atomic mass is 10.2. The molecular formula is C22H16ClNO3. The van der Waals surface area contributed by atoms with Crippen molar-refractivity contribution in [2.24, 2.45) is 0 Å². The van der Waals surface area contributed by atoms with E-state index in [1.54, 1.807) is 36.4 Å². The fourth-order valence-electron chi connectivity index (χ4n) is 2.69. The second-order valence-corrected chi connectivity index (χ2v) is 6.48. The zero-order valence-electron chi connectivity index (χ0n) is 14.3. The number of amides is 1. The molecule has 1 amide bonds. The number of furan rings is 1. The molecular weight excluding hydrogens is 362 g/mol. The number of carbonyl (C=O) groups is 1. The molecule has 1 aromatic heterocycles. The Balaban J connectivity index is 1.40. The molecule has 0 atom stereocenters. The van der Waals surface area contributed by atoms with Crippen LogP contribution in [-0.2, 0) is 6.61 Å². The number of rotatable bonds is 5.